The van der Waals surface area contributed by atoms with Gasteiger partial charge in [-0.3, -0.25) is 0 Å². The molecule has 0 aliphatic rings. The maximum Gasteiger partial charge on any atom is 0.250 e. The molecule has 0 aromatic heterocycles. The van der Waals surface area contributed by atoms with Gasteiger partial charge in [0.25, 0.3) is 0 Å². The highest BCUT2D eigenvalue weighted by Gasteiger charge is 2.40. The zero-order valence-corrected chi connectivity index (χ0v) is 13.7. The van der Waals surface area contributed by atoms with Gasteiger partial charge in [0.05, 0.1) is 5.76 Å². The Morgan fingerprint density at radius 3 is 1.75 bits per heavy atom. The highest BCUT2D eigenvalue weighted by molar-refractivity contribution is 6.74. The number of hydrogen-bond donors (Lipinski definition) is 0. The molecule has 0 aromatic carbocycles. The maximum absolute atomic E-state index is 6.41. The molecular formula is C14H30OSi. The molecule has 16 heavy (non-hydrogen) atoms. The van der Waals surface area contributed by atoms with E-state index in [1.54, 1.807) is 0 Å². The number of rotatable bonds is 3. The van der Waals surface area contributed by atoms with Gasteiger partial charge in [0.1, 0.15) is 0 Å². The van der Waals surface area contributed by atoms with E-state index < -0.39 is 8.32 Å². The summed E-state index contributed by atoms with van der Waals surface area (Å²) in [4.78, 5) is 0. The van der Waals surface area contributed by atoms with Gasteiger partial charge in [-0.05, 0) is 30.6 Å². The first-order valence-electron chi connectivity index (χ1n) is 6.31. The predicted molar refractivity (Wildman–Crippen MR) is 76.1 cm³/mol. The summed E-state index contributed by atoms with van der Waals surface area (Å²) < 4.78 is 6.41. The normalized spacial score (nSPS) is 15.2. The summed E-state index contributed by atoms with van der Waals surface area (Å²) in [5, 5.41) is 0.269. The SMILES string of the molecule is CC/C=C(/O[Si](C)(C)C(C)(C)C)C(C)(C)C. The minimum atomic E-state index is -1.68. The molecule has 0 aliphatic carbocycles. The molecule has 96 valence electrons. The van der Waals surface area contributed by atoms with Crippen LogP contribution >= 0.6 is 0 Å². The lowest BCUT2D eigenvalue weighted by molar-refractivity contribution is 0.272. The molecule has 0 radical (unpaired) electrons. The van der Waals surface area contributed by atoms with Gasteiger partial charge in [-0.15, -0.1) is 0 Å². The summed E-state index contributed by atoms with van der Waals surface area (Å²) in [7, 11) is -1.68. The van der Waals surface area contributed by atoms with Crippen LogP contribution in [0.3, 0.4) is 0 Å². The molecule has 0 fully saturated rings. The molecule has 0 amide bonds. The van der Waals surface area contributed by atoms with Gasteiger partial charge in [-0.2, -0.15) is 0 Å². The van der Waals surface area contributed by atoms with Crippen LogP contribution in [0, 0.1) is 5.41 Å². The first-order chi connectivity index (χ1) is 6.92. The molecule has 2 heteroatoms. The second kappa shape index (κ2) is 4.95. The van der Waals surface area contributed by atoms with Crippen molar-refractivity contribution in [3.05, 3.63) is 11.8 Å². The van der Waals surface area contributed by atoms with Crippen molar-refractivity contribution in [1.29, 1.82) is 0 Å². The first kappa shape index (κ1) is 15.8. The fraction of sp³-hybridized carbons (Fsp3) is 0.857. The Labute approximate surface area is 103 Å². The van der Waals surface area contributed by atoms with Crippen LogP contribution in [0.15, 0.2) is 11.8 Å². The van der Waals surface area contributed by atoms with Crippen molar-refractivity contribution in [3.63, 3.8) is 0 Å². The zero-order valence-electron chi connectivity index (χ0n) is 12.7. The second-order valence-corrected chi connectivity index (χ2v) is 11.8. The highest BCUT2D eigenvalue weighted by Crippen LogP contribution is 2.40. The molecule has 0 rings (SSSR count). The van der Waals surface area contributed by atoms with E-state index in [1.807, 2.05) is 0 Å². The van der Waals surface area contributed by atoms with Crippen molar-refractivity contribution in [2.45, 2.75) is 73.0 Å². The Morgan fingerprint density at radius 1 is 1.06 bits per heavy atom. The van der Waals surface area contributed by atoms with Crippen LogP contribution in [0.4, 0.5) is 0 Å². The largest absolute Gasteiger partial charge is 0.546 e. The number of hydrogen-bond acceptors (Lipinski definition) is 1. The van der Waals surface area contributed by atoms with Crippen molar-refractivity contribution in [2.75, 3.05) is 0 Å². The van der Waals surface area contributed by atoms with E-state index in [1.165, 1.54) is 5.76 Å². The molecule has 1 nitrogen and oxygen atoms in total. The Bertz CT molecular complexity index is 251. The van der Waals surface area contributed by atoms with Gasteiger partial charge in [0.15, 0.2) is 0 Å². The average Bonchev–Trinajstić information content (AvgIpc) is 1.99. The van der Waals surface area contributed by atoms with Crippen LogP contribution in [0.25, 0.3) is 0 Å². The van der Waals surface area contributed by atoms with E-state index in [9.17, 15) is 0 Å². The molecule has 0 saturated heterocycles. The van der Waals surface area contributed by atoms with Gasteiger partial charge in [0, 0.05) is 5.41 Å². The van der Waals surface area contributed by atoms with Crippen LogP contribution in [-0.4, -0.2) is 8.32 Å². The van der Waals surface area contributed by atoms with E-state index in [0.29, 0.717) is 0 Å². The molecule has 0 saturated carbocycles. The fourth-order valence-corrected chi connectivity index (χ4v) is 2.36. The maximum atomic E-state index is 6.41. The third-order valence-electron chi connectivity index (χ3n) is 3.30. The predicted octanol–water partition coefficient (Wildman–Crippen LogP) is 5.35. The van der Waals surface area contributed by atoms with Crippen molar-refractivity contribution < 1.29 is 4.43 Å². The van der Waals surface area contributed by atoms with Crippen molar-refractivity contribution in [1.82, 2.24) is 0 Å². The lowest BCUT2D eigenvalue weighted by atomic mass is 9.93. The van der Waals surface area contributed by atoms with E-state index in [4.69, 9.17) is 4.43 Å². The van der Waals surface area contributed by atoms with E-state index in [0.717, 1.165) is 6.42 Å². The third-order valence-corrected chi connectivity index (χ3v) is 7.64. The fourth-order valence-electron chi connectivity index (χ4n) is 1.11. The van der Waals surface area contributed by atoms with Gasteiger partial charge in [-0.1, -0.05) is 48.5 Å². The molecule has 0 atom stereocenters. The Balaban J connectivity index is 5.00. The molecule has 0 heterocycles. The van der Waals surface area contributed by atoms with Crippen molar-refractivity contribution in [2.24, 2.45) is 5.41 Å². The average molecular weight is 242 g/mol. The molecule has 0 spiro atoms. The van der Waals surface area contributed by atoms with Crippen molar-refractivity contribution >= 4 is 8.32 Å². The highest BCUT2D eigenvalue weighted by atomic mass is 28.4. The Hall–Kier alpha value is -0.243. The monoisotopic (exact) mass is 242 g/mol. The lowest BCUT2D eigenvalue weighted by Gasteiger charge is -2.40. The third kappa shape index (κ3) is 4.32. The molecule has 0 bridgehead atoms. The van der Waals surface area contributed by atoms with Crippen LogP contribution < -0.4 is 0 Å². The summed E-state index contributed by atoms with van der Waals surface area (Å²) in [6.07, 6.45) is 3.28. The Kier molecular flexibility index (Phi) is 4.87. The van der Waals surface area contributed by atoms with E-state index in [2.05, 4.69) is 67.6 Å². The summed E-state index contributed by atoms with van der Waals surface area (Å²) >= 11 is 0. The van der Waals surface area contributed by atoms with E-state index >= 15 is 0 Å². The Morgan fingerprint density at radius 2 is 1.50 bits per heavy atom. The smallest absolute Gasteiger partial charge is 0.250 e. The van der Waals surface area contributed by atoms with Crippen LogP contribution in [0.1, 0.15) is 54.9 Å². The summed E-state index contributed by atoms with van der Waals surface area (Å²) in [5.41, 5.74) is 0.117. The minimum Gasteiger partial charge on any atom is -0.546 e. The van der Waals surface area contributed by atoms with Crippen molar-refractivity contribution in [3.8, 4) is 0 Å². The van der Waals surface area contributed by atoms with Gasteiger partial charge >= 0.3 is 0 Å². The van der Waals surface area contributed by atoms with Gasteiger partial charge in [-0.25, -0.2) is 0 Å². The molecule has 0 unspecified atom stereocenters. The summed E-state index contributed by atoms with van der Waals surface area (Å²) in [6.45, 7) is 20.3. The number of allylic oxidation sites excluding steroid dienone is 2. The zero-order chi connectivity index (χ0) is 13.2. The summed E-state index contributed by atoms with van der Waals surface area (Å²) in [6, 6.07) is 0. The quantitative estimate of drug-likeness (QED) is 0.479. The lowest BCUT2D eigenvalue weighted by Crippen LogP contribution is -2.41. The standard InChI is InChI=1S/C14H30OSi/c1-10-11-12(13(2,3)4)15-16(8,9)14(5,6)7/h11H,10H2,1-9H3/b12-11+. The molecular weight excluding hydrogens is 212 g/mol. The topological polar surface area (TPSA) is 9.23 Å². The van der Waals surface area contributed by atoms with Crippen LogP contribution in [0.2, 0.25) is 18.1 Å². The van der Waals surface area contributed by atoms with E-state index in [-0.39, 0.29) is 10.5 Å². The second-order valence-electron chi connectivity index (χ2n) is 7.09. The first-order valence-corrected chi connectivity index (χ1v) is 9.22. The van der Waals surface area contributed by atoms with Crippen LogP contribution in [-0.2, 0) is 4.43 Å². The van der Waals surface area contributed by atoms with Gasteiger partial charge in [0.2, 0.25) is 8.32 Å². The van der Waals surface area contributed by atoms with Crippen LogP contribution in [0.5, 0.6) is 0 Å². The van der Waals surface area contributed by atoms with Gasteiger partial charge < -0.3 is 4.43 Å². The molecule has 0 aromatic rings. The molecule has 0 N–H and O–H groups in total. The molecule has 0 aliphatic heterocycles. The summed E-state index contributed by atoms with van der Waals surface area (Å²) in [5.74, 6) is 1.17. The minimum absolute atomic E-state index is 0.117.